The molecule has 13 amide bonds. The Kier molecular flexibility index (Phi) is 44.9. The monoisotopic (exact) mass is 1260 g/mol. The van der Waals surface area contributed by atoms with Crippen molar-refractivity contribution >= 4 is 71.6 Å². The zero-order valence-corrected chi connectivity index (χ0v) is 49.5. The predicted molar refractivity (Wildman–Crippen MR) is 327 cm³/mol. The Labute approximate surface area is 520 Å². The van der Waals surface area contributed by atoms with Gasteiger partial charge in [0.05, 0.1) is 6.61 Å². The van der Waals surface area contributed by atoms with E-state index in [1.165, 1.54) is 46.7 Å². The Balaban J connectivity index is 0. The second-order valence-corrected chi connectivity index (χ2v) is 18.6. The van der Waals surface area contributed by atoms with Gasteiger partial charge in [-0.05, 0) is 58.9 Å². The van der Waals surface area contributed by atoms with Crippen LogP contribution in [0.2, 0.25) is 0 Å². The first-order valence-corrected chi connectivity index (χ1v) is 28.2. The van der Waals surface area contributed by atoms with Gasteiger partial charge >= 0.3 is 30.2 Å². The van der Waals surface area contributed by atoms with Crippen LogP contribution in [0.1, 0.15) is 131 Å². The number of aromatic nitrogens is 6. The number of hydrogen-bond donors (Lipinski definition) is 6. The zero-order valence-electron chi connectivity index (χ0n) is 49.5. The summed E-state index contributed by atoms with van der Waals surface area (Å²) in [5, 5.41) is 21.1. The second-order valence-electron chi connectivity index (χ2n) is 18.6. The molecule has 8 rings (SSSR count). The molecule has 0 saturated carbocycles. The maximum absolute atomic E-state index is 11.6. The number of nitrogens with two attached hydrogens (primary N) is 2. The van der Waals surface area contributed by atoms with Crippen molar-refractivity contribution in [3.63, 3.8) is 0 Å². The fraction of sp³-hybridized carbons (Fsp3) is 0.618. The van der Waals surface area contributed by atoms with Crippen LogP contribution in [0, 0.1) is 0 Å². The molecule has 0 radical (unpaired) electrons. The first-order chi connectivity index (χ1) is 41.4. The van der Waals surface area contributed by atoms with Crippen molar-refractivity contribution < 1.29 is 62.3 Å². The van der Waals surface area contributed by atoms with Crippen molar-refractivity contribution in [1.29, 1.82) is 0 Å². The SMILES string of the molecule is C.C.C.CC(=O)NN.CCCN1CCCC1=O.CCOC(=O)N=NC(=O)CCCN1CCNC1=O.CN.O=C(CCCN1CCNC1=O)N=NC(=O)CCCN1CCNC1=O.O=C(n1ccnc1)n1ccnc1.O=C1CCCN1CCCC(=O)n1ccnc1. The van der Waals surface area contributed by atoms with Crippen molar-refractivity contribution in [2.45, 2.75) is 127 Å². The van der Waals surface area contributed by atoms with E-state index in [1.807, 2.05) is 15.2 Å². The summed E-state index contributed by atoms with van der Waals surface area (Å²) in [7, 11) is 1.50. The van der Waals surface area contributed by atoms with Gasteiger partial charge in [-0.3, -0.25) is 52.7 Å². The summed E-state index contributed by atoms with van der Waals surface area (Å²) in [6.45, 7) is 14.0. The number of carbonyl (C=O) groups is 12. The minimum Gasteiger partial charge on any atom is -0.447 e. The van der Waals surface area contributed by atoms with Gasteiger partial charge < -0.3 is 50.9 Å². The van der Waals surface area contributed by atoms with Crippen molar-refractivity contribution in [3.8, 4) is 0 Å². The number of azo groups is 2. The summed E-state index contributed by atoms with van der Waals surface area (Å²) >= 11 is 0. The molecule has 0 unspecified atom stereocenters. The molecule has 5 fully saturated rings. The van der Waals surface area contributed by atoms with E-state index in [-0.39, 0.29) is 90.0 Å². The van der Waals surface area contributed by atoms with Gasteiger partial charge in [0.15, 0.2) is 0 Å². The highest BCUT2D eigenvalue weighted by molar-refractivity contribution is 5.83. The lowest BCUT2D eigenvalue weighted by Crippen LogP contribution is -2.29. The molecule has 0 aliphatic carbocycles. The first-order valence-electron chi connectivity index (χ1n) is 28.2. The van der Waals surface area contributed by atoms with E-state index < -0.39 is 23.8 Å². The van der Waals surface area contributed by atoms with E-state index >= 15 is 0 Å². The summed E-state index contributed by atoms with van der Waals surface area (Å²) in [4.78, 5) is 154. The molecule has 5 aliphatic rings. The number of hydrazine groups is 1. The fourth-order valence-electron chi connectivity index (χ4n) is 7.93. The third-order valence-corrected chi connectivity index (χ3v) is 12.2. The number of hydrogen-bond acceptors (Lipinski definition) is 18. The van der Waals surface area contributed by atoms with Gasteiger partial charge in [-0.1, -0.05) is 34.3 Å². The highest BCUT2D eigenvalue weighted by Gasteiger charge is 2.23. The molecule has 498 valence electrons. The summed E-state index contributed by atoms with van der Waals surface area (Å²) in [6.07, 6.45) is 20.7. The van der Waals surface area contributed by atoms with Crippen LogP contribution < -0.4 is 33.0 Å². The van der Waals surface area contributed by atoms with E-state index in [4.69, 9.17) is 0 Å². The van der Waals surface area contributed by atoms with Crippen molar-refractivity contribution in [2.24, 2.45) is 32.0 Å². The van der Waals surface area contributed by atoms with Crippen LogP contribution in [-0.2, 0) is 33.5 Å². The Hall–Kier alpha value is -9.21. The molecule has 5 aliphatic heterocycles. The molecule has 0 bridgehead atoms. The highest BCUT2D eigenvalue weighted by atomic mass is 16.5. The number of urea groups is 3. The summed E-state index contributed by atoms with van der Waals surface area (Å²) in [5.41, 5.74) is 6.39. The minimum absolute atomic E-state index is 0. The van der Waals surface area contributed by atoms with Crippen molar-refractivity contribution in [3.05, 3.63) is 56.2 Å². The molecule has 0 atom stereocenters. The first kappa shape index (κ1) is 81.9. The number of imidazole rings is 3. The number of likely N-dealkylation sites (tertiary alicyclic amines) is 2. The molecule has 3 aromatic rings. The number of ether oxygens (including phenoxy) is 1. The van der Waals surface area contributed by atoms with E-state index in [0.29, 0.717) is 103 Å². The van der Waals surface area contributed by atoms with Gasteiger partial charge in [-0.2, -0.15) is 0 Å². The van der Waals surface area contributed by atoms with E-state index in [0.717, 1.165) is 51.7 Å². The Morgan fingerprint density at radius 1 is 0.528 bits per heavy atom. The van der Waals surface area contributed by atoms with Crippen LogP contribution >= 0.6 is 0 Å². The quantitative estimate of drug-likeness (QED) is 0.0426. The number of amides is 13. The van der Waals surface area contributed by atoms with E-state index in [2.05, 4.69) is 74.6 Å². The highest BCUT2D eigenvalue weighted by Crippen LogP contribution is 2.12. The van der Waals surface area contributed by atoms with Crippen LogP contribution in [0.25, 0.3) is 0 Å². The number of nitrogens with zero attached hydrogens (tertiary/aromatic N) is 15. The fourth-order valence-corrected chi connectivity index (χ4v) is 7.93. The molecular formula is C55H95N21O13. The molecule has 34 heteroatoms. The molecule has 3 aromatic heterocycles. The number of nitrogens with one attached hydrogen (secondary N) is 4. The number of rotatable bonds is 19. The lowest BCUT2D eigenvalue weighted by molar-refractivity contribution is -0.128. The Morgan fingerprint density at radius 2 is 0.876 bits per heavy atom. The standard InChI is InChI=1S/C14H22N6O4.C11H15N3O2.C10H16N4O4.C7H6N4O.C7H13NO.C2H6N2O.CH5N.3CH4/c21-11(3-1-7-19-9-5-15-13(19)23)17-18-12(22)4-2-8-20-10-6-16-14(20)24;15-10-3-1-6-13(10)7-2-4-11(16)14-8-5-12-9-14;1-2-18-10(17)13-12-8(15)4-3-6-14-7-5-11-9(14)16;12-7(10-3-1-8-5-10)11-4-2-9-6-11;1-2-5-8-6-3-4-7(8)9;1-2(5)4-3;1-2;;;/h1-10H2,(H,15,23)(H,16,24);5,8-9H,1-4,6-7H2;2-7H2,1H3,(H,11,16);1-6H;2-6H2,1H3;3H2,1H3,(H,4,5);2H2,1H3;3*1H4. The number of carbonyl (C=O) groups excluding carboxylic acids is 12. The van der Waals surface area contributed by atoms with Crippen LogP contribution in [0.3, 0.4) is 0 Å². The lowest BCUT2D eigenvalue weighted by Gasteiger charge is -2.14. The molecule has 0 aromatic carbocycles. The lowest BCUT2D eigenvalue weighted by atomic mass is 10.3. The molecule has 5 saturated heterocycles. The van der Waals surface area contributed by atoms with Crippen LogP contribution in [-0.4, -0.2) is 223 Å². The van der Waals surface area contributed by atoms with E-state index in [1.54, 1.807) is 58.8 Å². The van der Waals surface area contributed by atoms with Gasteiger partial charge in [-0.25, -0.2) is 44.8 Å². The van der Waals surface area contributed by atoms with E-state index in [9.17, 15) is 57.5 Å². The Bertz CT molecular complexity index is 2550. The molecule has 34 nitrogen and oxygen atoms in total. The maximum Gasteiger partial charge on any atom is 0.452 e. The van der Waals surface area contributed by atoms with Gasteiger partial charge in [-0.15, -0.1) is 15.3 Å². The molecular weight excluding hydrogens is 1160 g/mol. The van der Waals surface area contributed by atoms with Crippen LogP contribution in [0.5, 0.6) is 0 Å². The normalized spacial score (nSPS) is 14.3. The third-order valence-electron chi connectivity index (χ3n) is 12.2. The molecule has 8 N–H and O–H groups in total. The maximum atomic E-state index is 11.6. The molecule has 0 spiro atoms. The summed E-state index contributed by atoms with van der Waals surface area (Å²) in [5.74, 6) is 3.51. The zero-order chi connectivity index (χ0) is 63.5. The predicted octanol–water partition coefficient (Wildman–Crippen LogP) is 4.05. The van der Waals surface area contributed by atoms with Gasteiger partial charge in [0, 0.05) is 168 Å². The van der Waals surface area contributed by atoms with Crippen LogP contribution in [0.4, 0.5) is 24.0 Å². The average Bonchev–Trinajstić information content (AvgIpc) is 4.55. The largest absolute Gasteiger partial charge is 0.452 e. The third kappa shape index (κ3) is 34.7. The minimum atomic E-state index is -0.871. The second kappa shape index (κ2) is 48.9. The van der Waals surface area contributed by atoms with Gasteiger partial charge in [0.1, 0.15) is 19.0 Å². The molecule has 8 heterocycles. The van der Waals surface area contributed by atoms with Crippen molar-refractivity contribution in [2.75, 3.05) is 98.7 Å². The van der Waals surface area contributed by atoms with Crippen molar-refractivity contribution in [1.82, 2.24) is 74.5 Å². The summed E-state index contributed by atoms with van der Waals surface area (Å²) in [6, 6.07) is -0.544. The van der Waals surface area contributed by atoms with Crippen LogP contribution in [0.15, 0.2) is 76.6 Å². The van der Waals surface area contributed by atoms with Gasteiger partial charge in [0.25, 0.3) is 17.7 Å². The molecule has 89 heavy (non-hydrogen) atoms. The Morgan fingerprint density at radius 3 is 1.18 bits per heavy atom. The smallest absolute Gasteiger partial charge is 0.447 e. The summed E-state index contributed by atoms with van der Waals surface area (Å²) < 4.78 is 8.71. The topological polar surface area (TPSA) is 433 Å². The van der Waals surface area contributed by atoms with Gasteiger partial charge in [0.2, 0.25) is 23.6 Å². The average molecular weight is 1260 g/mol.